The van der Waals surface area contributed by atoms with E-state index >= 15 is 0 Å². The molecule has 1 fully saturated rings. The lowest BCUT2D eigenvalue weighted by molar-refractivity contribution is 0.263. The highest BCUT2D eigenvalue weighted by atomic mass is 79.9. The predicted octanol–water partition coefficient (Wildman–Crippen LogP) is 2.13. The maximum atomic E-state index is 12.7. The van der Waals surface area contributed by atoms with E-state index in [2.05, 4.69) is 21.2 Å². The largest absolute Gasteiger partial charge is 0.309 e. The molecule has 0 radical (unpaired) electrons. The molecular formula is C13H19BrN2O2S. The number of halogens is 1. The number of hydrogen-bond donors (Lipinski definition) is 1. The van der Waals surface area contributed by atoms with E-state index in [1.165, 1.54) is 0 Å². The third-order valence-electron chi connectivity index (χ3n) is 3.23. The Morgan fingerprint density at radius 2 is 1.84 bits per heavy atom. The first-order chi connectivity index (χ1) is 8.80. The molecule has 0 saturated carbocycles. The fourth-order valence-electron chi connectivity index (χ4n) is 2.43. The summed E-state index contributed by atoms with van der Waals surface area (Å²) in [6, 6.07) is 5.67. The number of sulfonamides is 1. The molecule has 0 aliphatic carbocycles. The van der Waals surface area contributed by atoms with E-state index in [1.807, 2.05) is 32.9 Å². The van der Waals surface area contributed by atoms with Crippen molar-refractivity contribution in [1.29, 1.82) is 0 Å². The quantitative estimate of drug-likeness (QED) is 0.892. The monoisotopic (exact) mass is 346 g/mol. The maximum absolute atomic E-state index is 12.7. The van der Waals surface area contributed by atoms with Gasteiger partial charge in [-0.25, -0.2) is 8.42 Å². The van der Waals surface area contributed by atoms with Crippen LogP contribution in [0.2, 0.25) is 0 Å². The second kappa shape index (κ2) is 5.52. The van der Waals surface area contributed by atoms with Gasteiger partial charge >= 0.3 is 0 Å². The standard InChI is InChI=1S/C13H19BrN2O2S/c1-9-4-5-13(12(14)6-9)19(17,18)16-7-10(2)15-11(3)8-16/h4-6,10-11,15H,7-8H2,1-3H3. The Morgan fingerprint density at radius 3 is 2.37 bits per heavy atom. The van der Waals surface area contributed by atoms with Crippen LogP contribution >= 0.6 is 15.9 Å². The van der Waals surface area contributed by atoms with Crippen LogP contribution in [0.4, 0.5) is 0 Å². The van der Waals surface area contributed by atoms with Gasteiger partial charge in [-0.3, -0.25) is 0 Å². The molecule has 0 amide bonds. The molecule has 6 heteroatoms. The molecule has 1 heterocycles. The van der Waals surface area contributed by atoms with Crippen LogP contribution in [0.1, 0.15) is 19.4 Å². The smallest absolute Gasteiger partial charge is 0.244 e. The van der Waals surface area contributed by atoms with E-state index in [0.29, 0.717) is 22.5 Å². The minimum atomic E-state index is -3.43. The first-order valence-electron chi connectivity index (χ1n) is 6.33. The number of rotatable bonds is 2. The molecule has 106 valence electrons. The Kier molecular flexibility index (Phi) is 4.35. The SMILES string of the molecule is Cc1ccc(S(=O)(=O)N2CC(C)NC(C)C2)c(Br)c1. The zero-order valence-electron chi connectivity index (χ0n) is 11.4. The van der Waals surface area contributed by atoms with Crippen LogP contribution in [0.5, 0.6) is 0 Å². The van der Waals surface area contributed by atoms with Crippen molar-refractivity contribution in [3.05, 3.63) is 28.2 Å². The summed E-state index contributed by atoms with van der Waals surface area (Å²) in [6.45, 7) is 6.96. The van der Waals surface area contributed by atoms with Gasteiger partial charge in [-0.2, -0.15) is 4.31 Å². The van der Waals surface area contributed by atoms with Crippen LogP contribution in [0, 0.1) is 6.92 Å². The molecule has 1 aliphatic rings. The van der Waals surface area contributed by atoms with E-state index in [4.69, 9.17) is 0 Å². The third kappa shape index (κ3) is 3.18. The summed E-state index contributed by atoms with van der Waals surface area (Å²) in [5, 5.41) is 3.34. The lowest BCUT2D eigenvalue weighted by atomic mass is 10.2. The third-order valence-corrected chi connectivity index (χ3v) is 6.04. The fraction of sp³-hybridized carbons (Fsp3) is 0.538. The second-order valence-corrected chi connectivity index (χ2v) is 7.99. The minimum absolute atomic E-state index is 0.169. The van der Waals surface area contributed by atoms with E-state index in [-0.39, 0.29) is 12.1 Å². The predicted molar refractivity (Wildman–Crippen MR) is 79.7 cm³/mol. The first-order valence-corrected chi connectivity index (χ1v) is 8.56. The highest BCUT2D eigenvalue weighted by molar-refractivity contribution is 9.10. The number of aryl methyl sites for hydroxylation is 1. The Morgan fingerprint density at radius 1 is 1.26 bits per heavy atom. The van der Waals surface area contributed by atoms with Crippen LogP contribution < -0.4 is 5.32 Å². The highest BCUT2D eigenvalue weighted by Gasteiger charge is 2.32. The zero-order chi connectivity index (χ0) is 14.2. The van der Waals surface area contributed by atoms with Crippen LogP contribution in [-0.2, 0) is 10.0 Å². The van der Waals surface area contributed by atoms with Crippen molar-refractivity contribution in [2.75, 3.05) is 13.1 Å². The number of benzene rings is 1. The van der Waals surface area contributed by atoms with Gasteiger partial charge in [0, 0.05) is 29.6 Å². The minimum Gasteiger partial charge on any atom is -0.309 e. The normalized spacial score (nSPS) is 25.5. The highest BCUT2D eigenvalue weighted by Crippen LogP contribution is 2.27. The van der Waals surface area contributed by atoms with Crippen molar-refractivity contribution in [3.63, 3.8) is 0 Å². The number of nitrogens with zero attached hydrogens (tertiary/aromatic N) is 1. The van der Waals surface area contributed by atoms with Gasteiger partial charge in [-0.1, -0.05) is 6.07 Å². The average Bonchev–Trinajstić information content (AvgIpc) is 2.26. The van der Waals surface area contributed by atoms with Crippen LogP contribution in [0.15, 0.2) is 27.6 Å². The molecule has 0 spiro atoms. The van der Waals surface area contributed by atoms with Crippen LogP contribution in [0.3, 0.4) is 0 Å². The molecule has 4 nitrogen and oxygen atoms in total. The first kappa shape index (κ1) is 15.0. The van der Waals surface area contributed by atoms with Gasteiger partial charge in [0.05, 0.1) is 4.90 Å². The van der Waals surface area contributed by atoms with Gasteiger partial charge in [-0.05, 0) is 54.4 Å². The summed E-state index contributed by atoms with van der Waals surface area (Å²) in [5.41, 5.74) is 1.04. The molecular weight excluding hydrogens is 328 g/mol. The van der Waals surface area contributed by atoms with Crippen molar-refractivity contribution in [2.24, 2.45) is 0 Å². The summed E-state index contributed by atoms with van der Waals surface area (Å²) in [6.07, 6.45) is 0. The topological polar surface area (TPSA) is 49.4 Å². The summed E-state index contributed by atoms with van der Waals surface area (Å²) < 4.78 is 27.6. The average molecular weight is 347 g/mol. The van der Waals surface area contributed by atoms with Gasteiger partial charge < -0.3 is 5.32 Å². The Balaban J connectivity index is 2.36. The molecule has 0 bridgehead atoms. The molecule has 1 aromatic carbocycles. The number of nitrogens with one attached hydrogen (secondary N) is 1. The van der Waals surface area contributed by atoms with E-state index in [1.54, 1.807) is 10.4 Å². The molecule has 1 saturated heterocycles. The van der Waals surface area contributed by atoms with Gasteiger partial charge in [0.1, 0.15) is 0 Å². The number of hydrogen-bond acceptors (Lipinski definition) is 3. The van der Waals surface area contributed by atoms with Crippen molar-refractivity contribution in [3.8, 4) is 0 Å². The van der Waals surface area contributed by atoms with Crippen molar-refractivity contribution in [1.82, 2.24) is 9.62 Å². The Labute approximate surface area is 123 Å². The molecule has 19 heavy (non-hydrogen) atoms. The van der Waals surface area contributed by atoms with E-state index < -0.39 is 10.0 Å². The molecule has 2 unspecified atom stereocenters. The lowest BCUT2D eigenvalue weighted by Crippen LogP contribution is -2.55. The van der Waals surface area contributed by atoms with E-state index in [9.17, 15) is 8.42 Å². The molecule has 1 aromatic rings. The molecule has 2 atom stereocenters. The Hall–Kier alpha value is -0.430. The summed E-state index contributed by atoms with van der Waals surface area (Å²) in [7, 11) is -3.43. The van der Waals surface area contributed by atoms with Gasteiger partial charge in [0.2, 0.25) is 10.0 Å². The van der Waals surface area contributed by atoms with Crippen molar-refractivity contribution >= 4 is 26.0 Å². The zero-order valence-corrected chi connectivity index (χ0v) is 13.8. The summed E-state index contributed by atoms with van der Waals surface area (Å²) in [4.78, 5) is 0.347. The fourth-order valence-corrected chi connectivity index (χ4v) is 5.20. The second-order valence-electron chi connectivity index (χ2n) is 5.22. The van der Waals surface area contributed by atoms with E-state index in [0.717, 1.165) is 5.56 Å². The maximum Gasteiger partial charge on any atom is 0.244 e. The number of piperazine rings is 1. The Bertz CT molecular complexity index is 564. The molecule has 1 aliphatic heterocycles. The van der Waals surface area contributed by atoms with Crippen molar-refractivity contribution in [2.45, 2.75) is 37.8 Å². The van der Waals surface area contributed by atoms with Crippen molar-refractivity contribution < 1.29 is 8.42 Å². The molecule has 2 rings (SSSR count). The van der Waals surface area contributed by atoms with Gasteiger partial charge in [0.25, 0.3) is 0 Å². The molecule has 0 aromatic heterocycles. The summed E-state index contributed by atoms with van der Waals surface area (Å²) >= 11 is 3.36. The molecule has 1 N–H and O–H groups in total. The van der Waals surface area contributed by atoms with Gasteiger partial charge in [-0.15, -0.1) is 0 Å². The summed E-state index contributed by atoms with van der Waals surface area (Å²) in [5.74, 6) is 0. The van der Waals surface area contributed by atoms with Crippen LogP contribution in [0.25, 0.3) is 0 Å². The van der Waals surface area contributed by atoms with Crippen LogP contribution in [-0.4, -0.2) is 37.9 Å². The van der Waals surface area contributed by atoms with Gasteiger partial charge in [0.15, 0.2) is 0 Å². The lowest BCUT2D eigenvalue weighted by Gasteiger charge is -2.35.